The van der Waals surface area contributed by atoms with E-state index >= 15 is 0 Å². The fourth-order valence-corrected chi connectivity index (χ4v) is 5.05. The summed E-state index contributed by atoms with van der Waals surface area (Å²) in [7, 11) is 0. The number of allylic oxidation sites excluding steroid dienone is 1. The zero-order chi connectivity index (χ0) is 23.8. The van der Waals surface area contributed by atoms with Crippen LogP contribution in [0.5, 0.6) is 0 Å². The van der Waals surface area contributed by atoms with Gasteiger partial charge in [-0.2, -0.15) is 0 Å². The Morgan fingerprint density at radius 2 is 1.82 bits per heavy atom. The average Bonchev–Trinajstić information content (AvgIpc) is 3.36. The van der Waals surface area contributed by atoms with Gasteiger partial charge in [-0.25, -0.2) is 9.37 Å². The van der Waals surface area contributed by atoms with E-state index in [4.69, 9.17) is 0 Å². The van der Waals surface area contributed by atoms with Crippen molar-refractivity contribution in [2.45, 2.75) is 13.0 Å². The normalized spacial score (nSPS) is 16.2. The maximum Gasteiger partial charge on any atom is 0.296 e. The van der Waals surface area contributed by atoms with Crippen LogP contribution in [0.2, 0.25) is 0 Å². The van der Waals surface area contributed by atoms with Crippen LogP contribution in [-0.2, 0) is 9.59 Å². The fraction of sp³-hybridized carbons (Fsp3) is 0.0741. The van der Waals surface area contributed by atoms with Crippen molar-refractivity contribution in [2.24, 2.45) is 0 Å². The van der Waals surface area contributed by atoms with Crippen molar-refractivity contribution >= 4 is 44.5 Å². The first-order valence-corrected chi connectivity index (χ1v) is 11.4. The molecule has 0 fully saturated rings. The van der Waals surface area contributed by atoms with E-state index in [9.17, 15) is 19.1 Å². The summed E-state index contributed by atoms with van der Waals surface area (Å²) in [6, 6.07) is 19.6. The Kier molecular flexibility index (Phi) is 5.55. The van der Waals surface area contributed by atoms with Crippen molar-refractivity contribution in [1.29, 1.82) is 0 Å². The molecule has 1 aromatic heterocycles. The minimum Gasteiger partial charge on any atom is -0.503 e. The molecule has 0 aliphatic carbocycles. The van der Waals surface area contributed by atoms with Gasteiger partial charge in [0.1, 0.15) is 5.82 Å². The number of benzene rings is 3. The summed E-state index contributed by atoms with van der Waals surface area (Å²) < 4.78 is 14.5. The molecule has 1 atom stereocenters. The number of hydrogen-bond acceptors (Lipinski definition) is 5. The monoisotopic (exact) mass is 470 g/mol. The lowest BCUT2D eigenvalue weighted by Crippen LogP contribution is -2.30. The lowest BCUT2D eigenvalue weighted by molar-refractivity contribution is -0.117. The van der Waals surface area contributed by atoms with E-state index in [1.165, 1.54) is 46.6 Å². The van der Waals surface area contributed by atoms with E-state index in [0.29, 0.717) is 16.2 Å². The predicted octanol–water partition coefficient (Wildman–Crippen LogP) is 5.93. The van der Waals surface area contributed by atoms with E-state index in [0.717, 1.165) is 15.8 Å². The van der Waals surface area contributed by atoms with Gasteiger partial charge in [0.05, 0.1) is 21.8 Å². The Bertz CT molecular complexity index is 1470. The number of carbonyl (C=O) groups is 2. The van der Waals surface area contributed by atoms with Crippen molar-refractivity contribution in [1.82, 2.24) is 4.98 Å². The number of rotatable bonds is 5. The van der Waals surface area contributed by atoms with Crippen LogP contribution in [-0.4, -0.2) is 21.8 Å². The molecule has 5 nitrogen and oxygen atoms in total. The minimum absolute atomic E-state index is 0.0702. The third-order valence-corrected chi connectivity index (χ3v) is 6.64. The van der Waals surface area contributed by atoms with Gasteiger partial charge in [0.15, 0.2) is 16.7 Å². The van der Waals surface area contributed by atoms with Crippen molar-refractivity contribution in [3.05, 3.63) is 113 Å². The molecule has 1 aliphatic heterocycles. The van der Waals surface area contributed by atoms with Crippen LogP contribution in [0.15, 0.2) is 90.2 Å². The minimum atomic E-state index is -0.942. The first kappa shape index (κ1) is 21.7. The topological polar surface area (TPSA) is 70.5 Å². The molecule has 1 unspecified atom stereocenters. The lowest BCUT2D eigenvalue weighted by atomic mass is 9.95. The molecule has 0 saturated heterocycles. The Morgan fingerprint density at radius 1 is 1.09 bits per heavy atom. The van der Waals surface area contributed by atoms with Gasteiger partial charge >= 0.3 is 0 Å². The van der Waals surface area contributed by atoms with Crippen LogP contribution in [0, 0.1) is 12.7 Å². The highest BCUT2D eigenvalue weighted by Crippen LogP contribution is 2.43. The number of thiazole rings is 1. The molecule has 0 radical (unpaired) electrons. The van der Waals surface area contributed by atoms with Crippen LogP contribution >= 0.6 is 11.3 Å². The largest absolute Gasteiger partial charge is 0.503 e. The second-order valence-corrected chi connectivity index (χ2v) is 8.98. The van der Waals surface area contributed by atoms with Gasteiger partial charge in [0.25, 0.3) is 5.91 Å². The molecule has 1 aliphatic rings. The number of aliphatic hydroxyl groups excluding tert-OH is 1. The van der Waals surface area contributed by atoms with Crippen molar-refractivity contribution < 1.29 is 19.1 Å². The Labute approximate surface area is 199 Å². The second kappa shape index (κ2) is 8.68. The number of aliphatic hydroxyl groups is 1. The summed E-state index contributed by atoms with van der Waals surface area (Å²) in [5.41, 5.74) is 2.98. The number of aryl methyl sites for hydroxylation is 1. The van der Waals surface area contributed by atoms with E-state index in [1.54, 1.807) is 6.08 Å². The zero-order valence-corrected chi connectivity index (χ0v) is 18.9. The van der Waals surface area contributed by atoms with Gasteiger partial charge in [-0.1, -0.05) is 65.9 Å². The molecule has 1 amide bonds. The Morgan fingerprint density at radius 3 is 2.56 bits per heavy atom. The highest BCUT2D eigenvalue weighted by Gasteiger charge is 2.45. The van der Waals surface area contributed by atoms with Crippen LogP contribution in [0.3, 0.4) is 0 Å². The van der Waals surface area contributed by atoms with Gasteiger partial charge < -0.3 is 5.11 Å². The van der Waals surface area contributed by atoms with Gasteiger partial charge in [-0.05, 0) is 54.0 Å². The number of amides is 1. The van der Waals surface area contributed by atoms with Crippen LogP contribution in [0.25, 0.3) is 16.3 Å². The van der Waals surface area contributed by atoms with Crippen LogP contribution in [0.1, 0.15) is 22.7 Å². The summed E-state index contributed by atoms with van der Waals surface area (Å²) in [5.74, 6) is -2.31. The molecular weight excluding hydrogens is 451 g/mol. The smallest absolute Gasteiger partial charge is 0.296 e. The molecule has 2 heterocycles. The van der Waals surface area contributed by atoms with Gasteiger partial charge in [-0.3, -0.25) is 14.5 Å². The SMILES string of the molecule is Cc1ccc2nc(N3C(=O)C(O)=C(C(=O)/C=C/c4ccccc4)C3c3ccc(F)cc3)sc2c1. The van der Waals surface area contributed by atoms with E-state index in [2.05, 4.69) is 4.98 Å². The maximum absolute atomic E-state index is 13.7. The molecule has 3 aromatic carbocycles. The molecule has 4 aromatic rings. The van der Waals surface area contributed by atoms with Crippen molar-refractivity contribution in [2.75, 3.05) is 4.90 Å². The number of carbonyl (C=O) groups excluding carboxylic acids is 2. The Balaban J connectivity index is 1.60. The quantitative estimate of drug-likeness (QED) is 0.367. The average molecular weight is 471 g/mol. The lowest BCUT2D eigenvalue weighted by Gasteiger charge is -2.24. The third-order valence-electron chi connectivity index (χ3n) is 5.62. The number of ketones is 1. The number of aromatic nitrogens is 1. The zero-order valence-electron chi connectivity index (χ0n) is 18.1. The molecule has 5 rings (SSSR count). The molecular formula is C27H19FN2O3S. The van der Waals surface area contributed by atoms with Crippen molar-refractivity contribution in [3.63, 3.8) is 0 Å². The first-order chi connectivity index (χ1) is 16.4. The highest BCUT2D eigenvalue weighted by atomic mass is 32.1. The summed E-state index contributed by atoms with van der Waals surface area (Å²) in [5, 5.41) is 11.1. The van der Waals surface area contributed by atoms with Gasteiger partial charge in [0.2, 0.25) is 0 Å². The molecule has 168 valence electrons. The number of anilines is 1. The third kappa shape index (κ3) is 3.91. The predicted molar refractivity (Wildman–Crippen MR) is 131 cm³/mol. The number of halogens is 1. The number of fused-ring (bicyclic) bond motifs is 1. The Hall–Kier alpha value is -4.10. The van der Waals surface area contributed by atoms with Gasteiger partial charge in [-0.15, -0.1) is 0 Å². The van der Waals surface area contributed by atoms with Crippen molar-refractivity contribution in [3.8, 4) is 0 Å². The van der Waals surface area contributed by atoms with E-state index in [-0.39, 0.29) is 5.57 Å². The number of nitrogens with zero attached hydrogens (tertiary/aromatic N) is 2. The van der Waals surface area contributed by atoms with E-state index in [1.807, 2.05) is 55.5 Å². The van der Waals surface area contributed by atoms with E-state index < -0.39 is 29.3 Å². The molecule has 7 heteroatoms. The molecule has 1 N–H and O–H groups in total. The highest BCUT2D eigenvalue weighted by molar-refractivity contribution is 7.22. The molecule has 0 bridgehead atoms. The summed E-state index contributed by atoms with van der Waals surface area (Å²) in [6.07, 6.45) is 2.95. The molecule has 0 saturated carbocycles. The second-order valence-electron chi connectivity index (χ2n) is 7.97. The summed E-state index contributed by atoms with van der Waals surface area (Å²) >= 11 is 1.29. The fourth-order valence-electron chi connectivity index (χ4n) is 3.96. The summed E-state index contributed by atoms with van der Waals surface area (Å²) in [4.78, 5) is 32.4. The summed E-state index contributed by atoms with van der Waals surface area (Å²) in [6.45, 7) is 1.96. The molecule has 34 heavy (non-hydrogen) atoms. The van der Waals surface area contributed by atoms with Crippen LogP contribution in [0.4, 0.5) is 9.52 Å². The number of hydrogen-bond donors (Lipinski definition) is 1. The molecule has 0 spiro atoms. The van der Waals surface area contributed by atoms with Gasteiger partial charge in [0, 0.05) is 0 Å². The maximum atomic E-state index is 13.7. The van der Waals surface area contributed by atoms with Crippen LogP contribution < -0.4 is 4.90 Å². The standard InChI is InChI=1S/C27H19FN2O3S/c1-16-7-13-20-22(15-16)34-27(29-20)30-24(18-9-11-19(28)12-10-18)23(25(32)26(30)33)21(31)14-8-17-5-3-2-4-6-17/h2-15,24,32H,1H3/b14-8+. The first-order valence-electron chi connectivity index (χ1n) is 10.6.